The first-order valence-corrected chi connectivity index (χ1v) is 4.12. The molecule has 0 bridgehead atoms. The Labute approximate surface area is 74.3 Å². The van der Waals surface area contributed by atoms with Crippen molar-refractivity contribution in [2.75, 3.05) is 0 Å². The van der Waals surface area contributed by atoms with E-state index < -0.39 is 42.7 Å². The first-order valence-electron chi connectivity index (χ1n) is 4.12. The van der Waals surface area contributed by atoms with Crippen molar-refractivity contribution in [3.05, 3.63) is 0 Å². The molecule has 76 valence electrons. The van der Waals surface area contributed by atoms with Gasteiger partial charge in [-0.2, -0.15) is 0 Å². The van der Waals surface area contributed by atoms with Gasteiger partial charge in [-0.1, -0.05) is 0 Å². The summed E-state index contributed by atoms with van der Waals surface area (Å²) in [6.07, 6.45) is -4.11. The largest absolute Gasteiger partial charge is 0.392 e. The summed E-state index contributed by atoms with van der Waals surface area (Å²) < 4.78 is 38.0. The molecule has 0 aromatic carbocycles. The number of aliphatic hydroxyl groups excluding tert-OH is 1. The molecule has 13 heavy (non-hydrogen) atoms. The molecule has 1 aliphatic rings. The highest BCUT2D eigenvalue weighted by Gasteiger charge is 2.48. The fraction of sp³-hybridized carbons (Fsp3) is 0.875. The zero-order valence-corrected chi connectivity index (χ0v) is 7.23. The van der Waals surface area contributed by atoms with Gasteiger partial charge in [0.05, 0.1) is 6.10 Å². The second kappa shape index (κ2) is 3.29. The van der Waals surface area contributed by atoms with E-state index >= 15 is 0 Å². The van der Waals surface area contributed by atoms with E-state index in [-0.39, 0.29) is 0 Å². The normalized spacial score (nSPS) is 34.5. The van der Waals surface area contributed by atoms with Crippen LogP contribution in [0.15, 0.2) is 0 Å². The maximum absolute atomic E-state index is 12.7. The molecule has 2 N–H and O–H groups in total. The molecule has 0 spiro atoms. The molecular weight excluding hydrogens is 183 g/mol. The van der Waals surface area contributed by atoms with Crippen LogP contribution in [0.5, 0.6) is 0 Å². The predicted molar refractivity (Wildman–Crippen MR) is 42.0 cm³/mol. The van der Waals surface area contributed by atoms with E-state index in [0.29, 0.717) is 0 Å². The summed E-state index contributed by atoms with van der Waals surface area (Å²) in [5.41, 5.74) is -0.426. The summed E-state index contributed by atoms with van der Waals surface area (Å²) in [6, 6.07) is 0. The molecule has 1 unspecified atom stereocenters. The Bertz CT molecular complexity index is 217. The zero-order valence-electron chi connectivity index (χ0n) is 7.23. The smallest absolute Gasteiger partial charge is 0.251 e. The minimum Gasteiger partial charge on any atom is -0.392 e. The van der Waals surface area contributed by atoms with Crippen LogP contribution in [0.2, 0.25) is 0 Å². The molecule has 1 rings (SSSR count). The van der Waals surface area contributed by atoms with Gasteiger partial charge in [0.15, 0.2) is 0 Å². The number of aliphatic hydroxyl groups is 1. The first-order chi connectivity index (χ1) is 5.83. The molecule has 0 heterocycles. The van der Waals surface area contributed by atoms with Crippen LogP contribution in [-0.2, 0) is 0 Å². The van der Waals surface area contributed by atoms with E-state index in [0.717, 1.165) is 6.92 Å². The number of hydrogen-bond acceptors (Lipinski definition) is 2. The van der Waals surface area contributed by atoms with E-state index in [1.54, 1.807) is 0 Å². The Morgan fingerprint density at radius 2 is 2.08 bits per heavy atom. The van der Waals surface area contributed by atoms with Crippen molar-refractivity contribution < 1.29 is 18.3 Å². The maximum Gasteiger partial charge on any atom is 0.251 e. The third kappa shape index (κ3) is 2.21. The monoisotopic (exact) mass is 195 g/mol. The highest BCUT2D eigenvalue weighted by Crippen LogP contribution is 2.40. The van der Waals surface area contributed by atoms with Gasteiger partial charge < -0.3 is 10.5 Å². The van der Waals surface area contributed by atoms with Gasteiger partial charge in [-0.25, -0.2) is 13.2 Å². The summed E-state index contributed by atoms with van der Waals surface area (Å²) in [5, 5.41) is 16.3. The van der Waals surface area contributed by atoms with Gasteiger partial charge in [0, 0.05) is 24.5 Å². The molecule has 1 aliphatic carbocycles. The predicted octanol–water partition coefficient (Wildman–Crippen LogP) is 1.77. The van der Waals surface area contributed by atoms with Gasteiger partial charge in [-0.05, 0) is 6.92 Å². The topological polar surface area (TPSA) is 44.1 Å². The summed E-state index contributed by atoms with van der Waals surface area (Å²) >= 11 is 0. The van der Waals surface area contributed by atoms with Crippen LogP contribution in [-0.4, -0.2) is 29.0 Å². The summed E-state index contributed by atoms with van der Waals surface area (Å²) in [4.78, 5) is 0. The van der Waals surface area contributed by atoms with Crippen molar-refractivity contribution in [2.24, 2.45) is 5.92 Å². The number of halogens is 3. The molecule has 1 saturated carbocycles. The molecule has 0 aliphatic heterocycles. The zero-order chi connectivity index (χ0) is 10.2. The van der Waals surface area contributed by atoms with Crippen molar-refractivity contribution in [1.82, 2.24) is 0 Å². The van der Waals surface area contributed by atoms with Crippen LogP contribution < -0.4 is 0 Å². The van der Waals surface area contributed by atoms with Crippen molar-refractivity contribution in [3.63, 3.8) is 0 Å². The van der Waals surface area contributed by atoms with Crippen LogP contribution in [0.4, 0.5) is 13.2 Å². The number of nitrogens with one attached hydrogen (secondary N) is 1. The summed E-state index contributed by atoms with van der Waals surface area (Å²) in [5.74, 6) is -3.97. The van der Waals surface area contributed by atoms with E-state index in [4.69, 9.17) is 10.5 Å². The first kappa shape index (κ1) is 10.5. The second-order valence-corrected chi connectivity index (χ2v) is 3.51. The second-order valence-electron chi connectivity index (χ2n) is 3.51. The summed E-state index contributed by atoms with van der Waals surface area (Å²) in [6.45, 7) is 1.12. The lowest BCUT2D eigenvalue weighted by atomic mass is 9.97. The Morgan fingerprint density at radius 1 is 1.54 bits per heavy atom. The van der Waals surface area contributed by atoms with E-state index in [2.05, 4.69) is 0 Å². The van der Waals surface area contributed by atoms with Crippen molar-refractivity contribution in [2.45, 2.75) is 38.0 Å². The Balaban J connectivity index is 2.68. The lowest BCUT2D eigenvalue weighted by Crippen LogP contribution is -2.28. The van der Waals surface area contributed by atoms with Gasteiger partial charge in [0.25, 0.3) is 5.92 Å². The number of alkyl halides is 3. The maximum atomic E-state index is 12.7. The molecule has 3 atom stereocenters. The van der Waals surface area contributed by atoms with Crippen molar-refractivity contribution in [3.8, 4) is 0 Å². The van der Waals surface area contributed by atoms with Gasteiger partial charge in [-0.3, -0.25) is 0 Å². The van der Waals surface area contributed by atoms with Crippen LogP contribution in [0, 0.1) is 11.3 Å². The number of hydrogen-bond donors (Lipinski definition) is 2. The number of rotatable bonds is 2. The minimum atomic E-state index is -2.95. The van der Waals surface area contributed by atoms with Crippen LogP contribution >= 0.6 is 0 Å². The molecule has 0 saturated heterocycles. The molecule has 0 radical (unpaired) electrons. The fourth-order valence-electron chi connectivity index (χ4n) is 1.60. The third-order valence-electron chi connectivity index (χ3n) is 2.32. The lowest BCUT2D eigenvalue weighted by Gasteiger charge is -2.15. The average molecular weight is 195 g/mol. The molecule has 0 aromatic rings. The SMILES string of the molecule is CC(F)C(=N)[C@H]1CC(F)(F)C[C@H]1O. The van der Waals surface area contributed by atoms with E-state index in [1.165, 1.54) is 0 Å². The van der Waals surface area contributed by atoms with Crippen LogP contribution in [0.25, 0.3) is 0 Å². The van der Waals surface area contributed by atoms with Crippen LogP contribution in [0.3, 0.4) is 0 Å². The third-order valence-corrected chi connectivity index (χ3v) is 2.32. The van der Waals surface area contributed by atoms with Crippen molar-refractivity contribution in [1.29, 1.82) is 5.41 Å². The molecular formula is C8H12F3NO. The van der Waals surface area contributed by atoms with E-state index in [1.807, 2.05) is 0 Å². The minimum absolute atomic E-state index is 0.426. The Hall–Kier alpha value is -0.580. The van der Waals surface area contributed by atoms with Gasteiger partial charge in [0.1, 0.15) is 6.17 Å². The quantitative estimate of drug-likeness (QED) is 0.648. The Kier molecular flexibility index (Phi) is 2.66. The molecule has 0 aromatic heterocycles. The summed E-state index contributed by atoms with van der Waals surface area (Å²) in [7, 11) is 0. The molecule has 5 heteroatoms. The standard InChI is InChI=1S/C8H12F3NO/c1-4(9)7(12)5-2-8(10,11)3-6(5)13/h4-6,12-13H,2-3H2,1H3/t4?,5-,6+/m0/s1. The highest BCUT2D eigenvalue weighted by molar-refractivity contribution is 5.88. The van der Waals surface area contributed by atoms with Gasteiger partial charge >= 0.3 is 0 Å². The molecule has 1 fully saturated rings. The highest BCUT2D eigenvalue weighted by atomic mass is 19.3. The average Bonchev–Trinajstić information content (AvgIpc) is 2.22. The molecule has 0 amide bonds. The Morgan fingerprint density at radius 3 is 2.38 bits per heavy atom. The van der Waals surface area contributed by atoms with Gasteiger partial charge in [0.2, 0.25) is 0 Å². The van der Waals surface area contributed by atoms with Crippen LogP contribution in [0.1, 0.15) is 19.8 Å². The lowest BCUT2D eigenvalue weighted by molar-refractivity contribution is -0.00364. The molecule has 2 nitrogen and oxygen atoms in total. The van der Waals surface area contributed by atoms with E-state index in [9.17, 15) is 13.2 Å². The van der Waals surface area contributed by atoms with Crippen molar-refractivity contribution >= 4 is 5.71 Å². The van der Waals surface area contributed by atoms with Gasteiger partial charge in [-0.15, -0.1) is 0 Å². The fourth-order valence-corrected chi connectivity index (χ4v) is 1.60.